The van der Waals surface area contributed by atoms with Crippen molar-refractivity contribution in [3.8, 4) is 11.5 Å². The third-order valence-electron chi connectivity index (χ3n) is 4.41. The summed E-state index contributed by atoms with van der Waals surface area (Å²) in [6.45, 7) is 3.60. The number of aromatic hydroxyl groups is 1. The largest absolute Gasteiger partial charge is 0.504 e. The van der Waals surface area contributed by atoms with Crippen LogP contribution < -0.4 is 10.1 Å². The van der Waals surface area contributed by atoms with Crippen molar-refractivity contribution in [1.82, 2.24) is 4.90 Å². The Labute approximate surface area is 178 Å². The third-order valence-corrected chi connectivity index (χ3v) is 5.74. The van der Waals surface area contributed by atoms with Crippen LogP contribution in [0.1, 0.15) is 18.1 Å². The van der Waals surface area contributed by atoms with E-state index in [4.69, 9.17) is 17.0 Å². The molecule has 2 N–H and O–H groups in total. The summed E-state index contributed by atoms with van der Waals surface area (Å²) in [7, 11) is 1.45. The normalized spacial score (nSPS) is 16.2. The van der Waals surface area contributed by atoms with E-state index in [2.05, 4.69) is 5.32 Å². The van der Waals surface area contributed by atoms with Crippen molar-refractivity contribution in [3.05, 3.63) is 58.5 Å². The van der Waals surface area contributed by atoms with Gasteiger partial charge in [-0.1, -0.05) is 47.7 Å². The lowest BCUT2D eigenvalue weighted by Crippen LogP contribution is -2.44. The summed E-state index contributed by atoms with van der Waals surface area (Å²) in [5.41, 5.74) is 2.42. The molecule has 0 radical (unpaired) electrons. The molecule has 8 heteroatoms. The second-order valence-corrected chi connectivity index (χ2v) is 8.19. The Balaban J connectivity index is 1.77. The Morgan fingerprint density at radius 1 is 1.28 bits per heavy atom. The minimum absolute atomic E-state index is 0.0126. The number of aryl methyl sites for hydroxylation is 1. The lowest BCUT2D eigenvalue weighted by atomic mass is 10.1. The van der Waals surface area contributed by atoms with Crippen molar-refractivity contribution in [2.45, 2.75) is 19.9 Å². The van der Waals surface area contributed by atoms with Gasteiger partial charge < -0.3 is 15.2 Å². The van der Waals surface area contributed by atoms with E-state index in [9.17, 15) is 14.7 Å². The van der Waals surface area contributed by atoms with Gasteiger partial charge in [-0.25, -0.2) is 0 Å². The molecule has 1 aliphatic rings. The highest BCUT2D eigenvalue weighted by molar-refractivity contribution is 8.26. The van der Waals surface area contributed by atoms with Crippen molar-refractivity contribution in [2.75, 3.05) is 12.4 Å². The SMILES string of the molecule is COc1cc(/C=C2\SC(=S)N(C(C)C(=O)Nc3ccc(C)cc3)C2=O)ccc1O. The number of rotatable bonds is 5. The second-order valence-electron chi connectivity index (χ2n) is 6.51. The van der Waals surface area contributed by atoms with Gasteiger partial charge in [-0.2, -0.15) is 0 Å². The van der Waals surface area contributed by atoms with Crippen molar-refractivity contribution < 1.29 is 19.4 Å². The van der Waals surface area contributed by atoms with Gasteiger partial charge in [-0.15, -0.1) is 0 Å². The van der Waals surface area contributed by atoms with Crippen molar-refractivity contribution >= 4 is 51.9 Å². The van der Waals surface area contributed by atoms with Crippen LogP contribution in [0.4, 0.5) is 5.69 Å². The number of nitrogens with one attached hydrogen (secondary N) is 1. The molecule has 2 aromatic carbocycles. The third kappa shape index (κ3) is 4.60. The van der Waals surface area contributed by atoms with Crippen LogP contribution in [0.25, 0.3) is 6.08 Å². The van der Waals surface area contributed by atoms with Crippen LogP contribution in [0.15, 0.2) is 47.4 Å². The molecule has 0 saturated carbocycles. The summed E-state index contributed by atoms with van der Waals surface area (Å²) in [5, 5.41) is 12.5. The molecule has 1 saturated heterocycles. The smallest absolute Gasteiger partial charge is 0.266 e. The highest BCUT2D eigenvalue weighted by Gasteiger charge is 2.38. The minimum atomic E-state index is -0.760. The molecular formula is C21H20N2O4S2. The quantitative estimate of drug-likeness (QED) is 0.555. The summed E-state index contributed by atoms with van der Waals surface area (Å²) in [4.78, 5) is 27.2. The summed E-state index contributed by atoms with van der Waals surface area (Å²) >= 11 is 6.47. The number of nitrogens with zero attached hydrogens (tertiary/aromatic N) is 1. The number of carbonyl (C=O) groups is 2. The number of amides is 2. The minimum Gasteiger partial charge on any atom is -0.504 e. The number of phenols is 1. The maximum absolute atomic E-state index is 12.9. The molecule has 29 heavy (non-hydrogen) atoms. The van der Waals surface area contributed by atoms with Gasteiger partial charge in [0.2, 0.25) is 5.91 Å². The molecule has 1 unspecified atom stereocenters. The second kappa shape index (κ2) is 8.67. The van der Waals surface area contributed by atoms with E-state index in [1.165, 1.54) is 18.1 Å². The standard InChI is InChI=1S/C21H20N2O4S2/c1-12-4-7-15(8-5-12)22-19(25)13(2)23-20(26)18(29-21(23)28)11-14-6-9-16(24)17(10-14)27-3/h4-11,13,24H,1-3H3,(H,22,25)/b18-11-. The number of thioether (sulfide) groups is 1. The first-order chi connectivity index (χ1) is 13.8. The first-order valence-corrected chi connectivity index (χ1v) is 10.0. The number of benzene rings is 2. The topological polar surface area (TPSA) is 78.9 Å². The molecule has 0 aliphatic carbocycles. The molecule has 1 fully saturated rings. The Hall–Kier alpha value is -2.84. The summed E-state index contributed by atoms with van der Waals surface area (Å²) in [6.07, 6.45) is 1.66. The lowest BCUT2D eigenvalue weighted by molar-refractivity contribution is -0.129. The zero-order valence-electron chi connectivity index (χ0n) is 16.1. The van der Waals surface area contributed by atoms with Crippen LogP contribution in [-0.2, 0) is 9.59 Å². The van der Waals surface area contributed by atoms with Gasteiger partial charge in [0.1, 0.15) is 10.4 Å². The number of phenolic OH excluding ortho intramolecular Hbond substituents is 1. The number of ether oxygens (including phenoxy) is 1. The highest BCUT2D eigenvalue weighted by Crippen LogP contribution is 2.35. The van der Waals surface area contributed by atoms with Gasteiger partial charge in [0.05, 0.1) is 12.0 Å². The zero-order valence-corrected chi connectivity index (χ0v) is 17.8. The van der Waals surface area contributed by atoms with Crippen LogP contribution in [0.3, 0.4) is 0 Å². The van der Waals surface area contributed by atoms with Crippen LogP contribution in [0, 0.1) is 6.92 Å². The van der Waals surface area contributed by atoms with Crippen LogP contribution >= 0.6 is 24.0 Å². The molecule has 1 aliphatic heterocycles. The fourth-order valence-corrected chi connectivity index (χ4v) is 4.17. The number of hydrogen-bond donors (Lipinski definition) is 2. The molecule has 1 heterocycles. The number of methoxy groups -OCH3 is 1. The number of carbonyl (C=O) groups excluding carboxylic acids is 2. The van der Waals surface area contributed by atoms with Gasteiger partial charge in [-0.05, 0) is 49.8 Å². The van der Waals surface area contributed by atoms with Crippen LogP contribution in [-0.4, -0.2) is 39.3 Å². The van der Waals surface area contributed by atoms with Gasteiger partial charge in [-0.3, -0.25) is 14.5 Å². The molecule has 0 spiro atoms. The molecule has 1 atom stereocenters. The fourth-order valence-electron chi connectivity index (χ4n) is 2.75. The Morgan fingerprint density at radius 3 is 2.62 bits per heavy atom. The lowest BCUT2D eigenvalue weighted by Gasteiger charge is -2.22. The monoisotopic (exact) mass is 428 g/mol. The molecule has 0 bridgehead atoms. The number of hydrogen-bond acceptors (Lipinski definition) is 6. The fraction of sp³-hybridized carbons (Fsp3) is 0.190. The Bertz CT molecular complexity index is 1000. The number of anilines is 1. The van der Waals surface area contributed by atoms with Crippen molar-refractivity contribution in [1.29, 1.82) is 0 Å². The maximum atomic E-state index is 12.9. The average molecular weight is 429 g/mol. The van der Waals surface area contributed by atoms with Gasteiger partial charge in [0.25, 0.3) is 5.91 Å². The van der Waals surface area contributed by atoms with Gasteiger partial charge in [0, 0.05) is 5.69 Å². The first kappa shape index (κ1) is 20.9. The zero-order chi connectivity index (χ0) is 21.1. The Kier molecular flexibility index (Phi) is 6.24. The molecule has 3 rings (SSSR count). The maximum Gasteiger partial charge on any atom is 0.266 e. The van der Waals surface area contributed by atoms with Crippen LogP contribution in [0.2, 0.25) is 0 Å². The van der Waals surface area contributed by atoms with E-state index in [-0.39, 0.29) is 17.6 Å². The van der Waals surface area contributed by atoms with Gasteiger partial charge >= 0.3 is 0 Å². The highest BCUT2D eigenvalue weighted by atomic mass is 32.2. The molecule has 2 amide bonds. The van der Waals surface area contributed by atoms with Gasteiger partial charge in [0.15, 0.2) is 11.5 Å². The summed E-state index contributed by atoms with van der Waals surface area (Å²) in [6, 6.07) is 11.4. The molecule has 2 aromatic rings. The van der Waals surface area contributed by atoms with Crippen molar-refractivity contribution in [3.63, 3.8) is 0 Å². The van der Waals surface area contributed by atoms with E-state index >= 15 is 0 Å². The predicted octanol–water partition coefficient (Wildman–Crippen LogP) is 3.94. The predicted molar refractivity (Wildman–Crippen MR) is 119 cm³/mol. The van der Waals surface area contributed by atoms with E-state index < -0.39 is 6.04 Å². The van der Waals surface area contributed by atoms with E-state index in [0.29, 0.717) is 26.2 Å². The summed E-state index contributed by atoms with van der Waals surface area (Å²) < 4.78 is 5.41. The van der Waals surface area contributed by atoms with E-state index in [1.54, 1.807) is 25.1 Å². The molecule has 6 nitrogen and oxygen atoms in total. The van der Waals surface area contributed by atoms with E-state index in [1.807, 2.05) is 31.2 Å². The molecule has 150 valence electrons. The molecular weight excluding hydrogens is 408 g/mol. The van der Waals surface area contributed by atoms with Crippen LogP contribution in [0.5, 0.6) is 11.5 Å². The first-order valence-electron chi connectivity index (χ1n) is 8.81. The van der Waals surface area contributed by atoms with E-state index in [0.717, 1.165) is 17.3 Å². The summed E-state index contributed by atoms with van der Waals surface area (Å²) in [5.74, 6) is -0.338. The molecule has 0 aromatic heterocycles. The number of thiocarbonyl (C=S) groups is 1. The van der Waals surface area contributed by atoms with Crippen molar-refractivity contribution in [2.24, 2.45) is 0 Å². The Morgan fingerprint density at radius 2 is 1.97 bits per heavy atom. The average Bonchev–Trinajstić information content (AvgIpc) is 2.97.